The molecule has 21 heavy (non-hydrogen) atoms. The molecule has 0 aliphatic rings. The van der Waals surface area contributed by atoms with Gasteiger partial charge in [0.15, 0.2) is 0 Å². The number of anilines is 1. The second-order valence-electron chi connectivity index (χ2n) is 4.66. The molecule has 0 fully saturated rings. The molecule has 0 aliphatic heterocycles. The molecule has 5 nitrogen and oxygen atoms in total. The highest BCUT2D eigenvalue weighted by Gasteiger charge is 2.14. The number of nitrogens with zero attached hydrogens (tertiary/aromatic N) is 3. The summed E-state index contributed by atoms with van der Waals surface area (Å²) in [5.74, 6) is -0.161. The summed E-state index contributed by atoms with van der Waals surface area (Å²) in [6.45, 7) is 0. The lowest BCUT2D eigenvalue weighted by atomic mass is 10.1. The van der Waals surface area contributed by atoms with E-state index < -0.39 is 0 Å². The molecule has 3 rings (SSSR count). The van der Waals surface area contributed by atoms with Gasteiger partial charge in [-0.05, 0) is 36.4 Å². The van der Waals surface area contributed by atoms with E-state index >= 15 is 0 Å². The Bertz CT molecular complexity index is 860. The van der Waals surface area contributed by atoms with E-state index in [1.54, 1.807) is 42.5 Å². The van der Waals surface area contributed by atoms with Crippen molar-refractivity contribution in [1.82, 2.24) is 9.97 Å². The molecule has 1 aromatic heterocycles. The average molecular weight is 276 g/mol. The SMILES string of the molecule is CN(C(=O)c1cccc(C#N)c1)c1ccc2nc[nH]c2c1. The molecule has 1 heterocycles. The van der Waals surface area contributed by atoms with Crippen LogP contribution in [0.25, 0.3) is 11.0 Å². The molecule has 0 saturated carbocycles. The summed E-state index contributed by atoms with van der Waals surface area (Å²) in [7, 11) is 1.71. The van der Waals surface area contributed by atoms with Crippen molar-refractivity contribution in [2.75, 3.05) is 11.9 Å². The number of H-pyrrole nitrogens is 1. The van der Waals surface area contributed by atoms with E-state index in [-0.39, 0.29) is 5.91 Å². The van der Waals surface area contributed by atoms with Gasteiger partial charge in [-0.25, -0.2) is 4.98 Å². The van der Waals surface area contributed by atoms with Crippen LogP contribution in [0.15, 0.2) is 48.8 Å². The van der Waals surface area contributed by atoms with Gasteiger partial charge in [0.2, 0.25) is 0 Å². The summed E-state index contributed by atoms with van der Waals surface area (Å²) in [4.78, 5) is 21.2. The fraction of sp³-hybridized carbons (Fsp3) is 0.0625. The van der Waals surface area contributed by atoms with Crippen molar-refractivity contribution in [1.29, 1.82) is 5.26 Å². The number of nitriles is 1. The summed E-state index contributed by atoms with van der Waals surface area (Å²) < 4.78 is 0. The average Bonchev–Trinajstić information content (AvgIpc) is 3.01. The first-order chi connectivity index (χ1) is 10.2. The highest BCUT2D eigenvalue weighted by Crippen LogP contribution is 2.20. The molecule has 0 aliphatic carbocycles. The third-order valence-corrected chi connectivity index (χ3v) is 3.33. The smallest absolute Gasteiger partial charge is 0.258 e. The standard InChI is InChI=1S/C16H12N4O/c1-20(13-5-6-14-15(8-13)19-10-18-14)16(21)12-4-2-3-11(7-12)9-17/h2-8,10H,1H3,(H,18,19). The maximum atomic E-state index is 12.5. The van der Waals surface area contributed by atoms with Crippen LogP contribution >= 0.6 is 0 Å². The quantitative estimate of drug-likeness (QED) is 0.782. The molecular formula is C16H12N4O. The number of carbonyl (C=O) groups is 1. The van der Waals surface area contributed by atoms with Crippen LogP contribution in [0.3, 0.4) is 0 Å². The minimum absolute atomic E-state index is 0.161. The molecule has 0 spiro atoms. The number of rotatable bonds is 2. The summed E-state index contributed by atoms with van der Waals surface area (Å²) in [6.07, 6.45) is 1.62. The lowest BCUT2D eigenvalue weighted by Gasteiger charge is -2.17. The number of fused-ring (bicyclic) bond motifs is 1. The first-order valence-electron chi connectivity index (χ1n) is 6.40. The minimum atomic E-state index is -0.161. The van der Waals surface area contributed by atoms with Gasteiger partial charge in [-0.15, -0.1) is 0 Å². The van der Waals surface area contributed by atoms with E-state index in [1.165, 1.54) is 0 Å². The van der Waals surface area contributed by atoms with Crippen molar-refractivity contribution in [2.24, 2.45) is 0 Å². The number of hydrogen-bond donors (Lipinski definition) is 1. The largest absolute Gasteiger partial charge is 0.345 e. The molecule has 0 radical (unpaired) electrons. The highest BCUT2D eigenvalue weighted by molar-refractivity contribution is 6.06. The van der Waals surface area contributed by atoms with Gasteiger partial charge in [0.05, 0.1) is 29.0 Å². The van der Waals surface area contributed by atoms with E-state index in [2.05, 4.69) is 9.97 Å². The fourth-order valence-corrected chi connectivity index (χ4v) is 2.16. The number of hydrogen-bond acceptors (Lipinski definition) is 3. The first-order valence-corrected chi connectivity index (χ1v) is 6.40. The van der Waals surface area contributed by atoms with E-state index in [4.69, 9.17) is 5.26 Å². The number of benzene rings is 2. The molecule has 0 bridgehead atoms. The lowest BCUT2D eigenvalue weighted by Crippen LogP contribution is -2.26. The Balaban J connectivity index is 1.94. The van der Waals surface area contributed by atoms with Gasteiger partial charge in [-0.2, -0.15) is 5.26 Å². The van der Waals surface area contributed by atoms with Gasteiger partial charge >= 0.3 is 0 Å². The maximum Gasteiger partial charge on any atom is 0.258 e. The number of carbonyl (C=O) groups excluding carboxylic acids is 1. The number of amides is 1. The van der Waals surface area contributed by atoms with Crippen LogP contribution in [0.5, 0.6) is 0 Å². The molecule has 1 amide bonds. The topological polar surface area (TPSA) is 72.8 Å². The maximum absolute atomic E-state index is 12.5. The fourth-order valence-electron chi connectivity index (χ4n) is 2.16. The van der Waals surface area contributed by atoms with Gasteiger partial charge in [-0.1, -0.05) is 6.07 Å². The number of imidazole rings is 1. The van der Waals surface area contributed by atoms with Gasteiger partial charge < -0.3 is 9.88 Å². The Labute approximate surface area is 121 Å². The van der Waals surface area contributed by atoms with Crippen molar-refractivity contribution in [3.05, 3.63) is 59.9 Å². The second kappa shape index (κ2) is 5.10. The predicted octanol–water partition coefficient (Wildman–Crippen LogP) is 2.71. The summed E-state index contributed by atoms with van der Waals surface area (Å²) in [6, 6.07) is 14.3. The Morgan fingerprint density at radius 2 is 2.14 bits per heavy atom. The zero-order valence-electron chi connectivity index (χ0n) is 11.4. The van der Waals surface area contributed by atoms with Crippen LogP contribution in [-0.4, -0.2) is 22.9 Å². The van der Waals surface area contributed by atoms with Crippen molar-refractivity contribution in [3.63, 3.8) is 0 Å². The molecule has 2 aromatic carbocycles. The molecule has 0 saturated heterocycles. The van der Waals surface area contributed by atoms with Gasteiger partial charge in [0, 0.05) is 18.3 Å². The Hall–Kier alpha value is -3.13. The normalized spacial score (nSPS) is 10.3. The summed E-state index contributed by atoms with van der Waals surface area (Å²) >= 11 is 0. The molecule has 1 N–H and O–H groups in total. The molecule has 3 aromatic rings. The van der Waals surface area contributed by atoms with Crippen LogP contribution in [0.1, 0.15) is 15.9 Å². The molecule has 102 valence electrons. The molecular weight excluding hydrogens is 264 g/mol. The summed E-state index contributed by atoms with van der Waals surface area (Å²) in [5.41, 5.74) is 3.45. The van der Waals surface area contributed by atoms with Crippen molar-refractivity contribution < 1.29 is 4.79 Å². The van der Waals surface area contributed by atoms with Crippen LogP contribution in [0.2, 0.25) is 0 Å². The predicted molar refractivity (Wildman–Crippen MR) is 80.0 cm³/mol. The zero-order valence-corrected chi connectivity index (χ0v) is 11.4. The monoisotopic (exact) mass is 276 g/mol. The minimum Gasteiger partial charge on any atom is -0.345 e. The Kier molecular flexibility index (Phi) is 3.13. The van der Waals surface area contributed by atoms with Crippen LogP contribution in [-0.2, 0) is 0 Å². The lowest BCUT2D eigenvalue weighted by molar-refractivity contribution is 0.0993. The summed E-state index contributed by atoms with van der Waals surface area (Å²) in [5, 5.41) is 8.91. The van der Waals surface area contributed by atoms with Crippen LogP contribution in [0, 0.1) is 11.3 Å². The van der Waals surface area contributed by atoms with E-state index in [1.807, 2.05) is 24.3 Å². The van der Waals surface area contributed by atoms with Gasteiger partial charge in [0.1, 0.15) is 0 Å². The Morgan fingerprint density at radius 1 is 1.29 bits per heavy atom. The van der Waals surface area contributed by atoms with Gasteiger partial charge in [0.25, 0.3) is 5.91 Å². The van der Waals surface area contributed by atoms with Crippen LogP contribution < -0.4 is 4.90 Å². The third kappa shape index (κ3) is 2.35. The first kappa shape index (κ1) is 12.9. The number of aromatic amines is 1. The van der Waals surface area contributed by atoms with E-state index in [9.17, 15) is 4.79 Å². The van der Waals surface area contributed by atoms with Crippen molar-refractivity contribution >= 4 is 22.6 Å². The Morgan fingerprint density at radius 3 is 2.95 bits per heavy atom. The van der Waals surface area contributed by atoms with E-state index in [0.29, 0.717) is 11.1 Å². The van der Waals surface area contributed by atoms with Crippen LogP contribution in [0.4, 0.5) is 5.69 Å². The number of nitrogens with one attached hydrogen (secondary N) is 1. The van der Waals surface area contributed by atoms with E-state index in [0.717, 1.165) is 16.7 Å². The molecule has 0 unspecified atom stereocenters. The molecule has 0 atom stereocenters. The van der Waals surface area contributed by atoms with Gasteiger partial charge in [-0.3, -0.25) is 4.79 Å². The second-order valence-corrected chi connectivity index (χ2v) is 4.66. The number of aromatic nitrogens is 2. The third-order valence-electron chi connectivity index (χ3n) is 3.33. The molecule has 5 heteroatoms. The zero-order chi connectivity index (χ0) is 14.8. The van der Waals surface area contributed by atoms with Crippen molar-refractivity contribution in [3.8, 4) is 6.07 Å². The highest BCUT2D eigenvalue weighted by atomic mass is 16.2. The van der Waals surface area contributed by atoms with Crippen molar-refractivity contribution in [2.45, 2.75) is 0 Å².